The van der Waals surface area contributed by atoms with Crippen LogP contribution in [-0.4, -0.2) is 56.9 Å². The lowest BCUT2D eigenvalue weighted by Gasteiger charge is -2.34. The number of likely N-dealkylation sites (tertiary alicyclic amines) is 1. The molecule has 0 aromatic heterocycles. The molecule has 0 amide bonds. The van der Waals surface area contributed by atoms with Gasteiger partial charge in [0.05, 0.1) is 25.8 Å². The smallest absolute Gasteiger partial charge is 0.188 e. The van der Waals surface area contributed by atoms with Crippen LogP contribution in [0.3, 0.4) is 0 Å². The van der Waals surface area contributed by atoms with E-state index >= 15 is 0 Å². The lowest BCUT2D eigenvalue weighted by atomic mass is 10.0. The van der Waals surface area contributed by atoms with Crippen molar-refractivity contribution in [3.05, 3.63) is 29.8 Å². The largest absolute Gasteiger partial charge is 0.497 e. The highest BCUT2D eigenvalue weighted by atomic mass is 79.9. The Labute approximate surface area is 173 Å². The van der Waals surface area contributed by atoms with Gasteiger partial charge in [-0.3, -0.25) is 9.89 Å². The molecule has 1 aromatic rings. The van der Waals surface area contributed by atoms with Gasteiger partial charge in [0, 0.05) is 13.2 Å². The van der Waals surface area contributed by atoms with Gasteiger partial charge in [-0.1, -0.05) is 18.6 Å². The summed E-state index contributed by atoms with van der Waals surface area (Å²) in [7, 11) is 1.70. The van der Waals surface area contributed by atoms with Gasteiger partial charge in [-0.2, -0.15) is 0 Å². The van der Waals surface area contributed by atoms with E-state index in [1.165, 1.54) is 24.8 Å². The van der Waals surface area contributed by atoms with Crippen molar-refractivity contribution in [1.29, 1.82) is 0 Å². The molecule has 0 bridgehead atoms. The molecule has 1 aromatic carbocycles. The van der Waals surface area contributed by atoms with Crippen LogP contribution in [0.1, 0.15) is 43.7 Å². The Morgan fingerprint density at radius 3 is 2.63 bits per heavy atom. The van der Waals surface area contributed by atoms with Gasteiger partial charge >= 0.3 is 0 Å². The quantitative estimate of drug-likeness (QED) is 0.503. The Balaban J connectivity index is 0.00000261. The standard InChI is InChI=1S/C20H32N4O2.BrH/c1-25-17-9-7-16(8-10-17)19(24-11-3-2-4-12-24)15-23-20(21)22-14-18-6-5-13-26-18;/h7-10,18-19H,2-6,11-15H2,1H3,(H3,21,22,23);1H. The summed E-state index contributed by atoms with van der Waals surface area (Å²) in [6.45, 7) is 4.51. The Morgan fingerprint density at radius 1 is 1.26 bits per heavy atom. The fraction of sp³-hybridized carbons (Fsp3) is 0.650. The van der Waals surface area contributed by atoms with Crippen molar-refractivity contribution in [2.45, 2.75) is 44.2 Å². The first-order valence-corrected chi connectivity index (χ1v) is 9.79. The summed E-state index contributed by atoms with van der Waals surface area (Å²) in [5.74, 6) is 1.39. The highest BCUT2D eigenvalue weighted by Crippen LogP contribution is 2.26. The molecule has 27 heavy (non-hydrogen) atoms. The Bertz CT molecular complexity index is 570. The first-order chi connectivity index (χ1) is 12.8. The molecule has 2 fully saturated rings. The van der Waals surface area contributed by atoms with E-state index in [4.69, 9.17) is 15.2 Å². The van der Waals surface area contributed by atoms with Crippen LogP contribution in [0.15, 0.2) is 29.3 Å². The number of methoxy groups -OCH3 is 1. The monoisotopic (exact) mass is 440 g/mol. The molecule has 0 spiro atoms. The van der Waals surface area contributed by atoms with Crippen molar-refractivity contribution in [3.8, 4) is 5.75 Å². The summed E-state index contributed by atoms with van der Waals surface area (Å²) in [5.41, 5.74) is 7.37. The van der Waals surface area contributed by atoms with Crippen LogP contribution in [0.4, 0.5) is 0 Å². The van der Waals surface area contributed by atoms with Crippen molar-refractivity contribution in [3.63, 3.8) is 0 Å². The van der Waals surface area contributed by atoms with Gasteiger partial charge < -0.3 is 20.5 Å². The average Bonchev–Trinajstić information content (AvgIpc) is 3.21. The van der Waals surface area contributed by atoms with E-state index in [9.17, 15) is 0 Å². The molecule has 2 heterocycles. The molecule has 6 nitrogen and oxygen atoms in total. The van der Waals surface area contributed by atoms with Gasteiger partial charge in [-0.05, 0) is 56.5 Å². The third-order valence-electron chi connectivity index (χ3n) is 5.30. The van der Waals surface area contributed by atoms with Crippen molar-refractivity contribution >= 4 is 22.9 Å². The maximum absolute atomic E-state index is 6.10. The third kappa shape index (κ3) is 6.66. The molecular weight excluding hydrogens is 408 g/mol. The second-order valence-electron chi connectivity index (χ2n) is 7.13. The first kappa shape index (κ1) is 22.0. The van der Waals surface area contributed by atoms with E-state index in [0.717, 1.165) is 44.8 Å². The maximum Gasteiger partial charge on any atom is 0.188 e. The molecule has 2 aliphatic rings. The Hall–Kier alpha value is -1.31. The third-order valence-corrected chi connectivity index (χ3v) is 5.30. The SMILES string of the molecule is Br.COc1ccc(C(CN=C(N)NCC2CCCO2)N2CCCCC2)cc1. The van der Waals surface area contributed by atoms with Gasteiger partial charge in [0.2, 0.25) is 0 Å². The summed E-state index contributed by atoms with van der Waals surface area (Å²) < 4.78 is 10.9. The number of rotatable bonds is 7. The van der Waals surface area contributed by atoms with Gasteiger partial charge in [0.1, 0.15) is 5.75 Å². The van der Waals surface area contributed by atoms with Crippen LogP contribution in [0.2, 0.25) is 0 Å². The minimum absolute atomic E-state index is 0. The lowest BCUT2D eigenvalue weighted by molar-refractivity contribution is 0.114. The fourth-order valence-corrected chi connectivity index (χ4v) is 3.75. The number of hydrogen-bond acceptors (Lipinski definition) is 4. The van der Waals surface area contributed by atoms with Crippen molar-refractivity contribution < 1.29 is 9.47 Å². The molecule has 2 unspecified atom stereocenters. The summed E-state index contributed by atoms with van der Waals surface area (Å²) in [5, 5.41) is 3.22. The number of nitrogens with zero attached hydrogens (tertiary/aromatic N) is 2. The minimum atomic E-state index is 0. The normalized spacial score (nSPS) is 22.1. The van der Waals surface area contributed by atoms with Crippen LogP contribution in [0.25, 0.3) is 0 Å². The molecule has 7 heteroatoms. The molecule has 3 N–H and O–H groups in total. The maximum atomic E-state index is 6.10. The van der Waals surface area contributed by atoms with E-state index in [0.29, 0.717) is 12.5 Å². The molecule has 2 atom stereocenters. The van der Waals surface area contributed by atoms with Gasteiger partial charge in [-0.15, -0.1) is 17.0 Å². The van der Waals surface area contributed by atoms with Gasteiger partial charge in [-0.25, -0.2) is 0 Å². The highest BCUT2D eigenvalue weighted by Gasteiger charge is 2.22. The zero-order valence-electron chi connectivity index (χ0n) is 16.2. The highest BCUT2D eigenvalue weighted by molar-refractivity contribution is 8.93. The second-order valence-corrected chi connectivity index (χ2v) is 7.13. The average molecular weight is 441 g/mol. The first-order valence-electron chi connectivity index (χ1n) is 9.79. The van der Waals surface area contributed by atoms with Crippen LogP contribution in [0, 0.1) is 0 Å². The topological polar surface area (TPSA) is 72.1 Å². The molecule has 0 radical (unpaired) electrons. The summed E-state index contributed by atoms with van der Waals surface area (Å²) in [4.78, 5) is 7.16. The summed E-state index contributed by atoms with van der Waals surface area (Å²) in [6, 6.07) is 8.58. The van der Waals surface area contributed by atoms with Gasteiger partial charge in [0.25, 0.3) is 0 Å². The summed E-state index contributed by atoms with van der Waals surface area (Å²) in [6.07, 6.45) is 6.33. The van der Waals surface area contributed by atoms with Crippen molar-refractivity contribution in [2.75, 3.05) is 39.9 Å². The molecular formula is C20H33BrN4O2. The van der Waals surface area contributed by atoms with Crippen LogP contribution in [-0.2, 0) is 4.74 Å². The number of guanidine groups is 1. The number of piperidine rings is 1. The zero-order chi connectivity index (χ0) is 18.2. The number of hydrogen-bond donors (Lipinski definition) is 2. The fourth-order valence-electron chi connectivity index (χ4n) is 3.75. The molecule has 2 saturated heterocycles. The molecule has 2 aliphatic heterocycles. The van der Waals surface area contributed by atoms with Crippen molar-refractivity contribution in [1.82, 2.24) is 10.2 Å². The Kier molecular flexibility index (Phi) is 9.38. The number of nitrogens with two attached hydrogens (primary N) is 1. The minimum Gasteiger partial charge on any atom is -0.497 e. The van der Waals surface area contributed by atoms with Crippen LogP contribution in [0.5, 0.6) is 5.75 Å². The molecule has 0 aliphatic carbocycles. The predicted octanol–water partition coefficient (Wildman–Crippen LogP) is 2.88. The number of aliphatic imine (C=N–C) groups is 1. The number of nitrogens with one attached hydrogen (secondary N) is 1. The zero-order valence-corrected chi connectivity index (χ0v) is 17.9. The van der Waals surface area contributed by atoms with E-state index in [2.05, 4.69) is 27.3 Å². The Morgan fingerprint density at radius 2 is 2.00 bits per heavy atom. The van der Waals surface area contributed by atoms with E-state index in [-0.39, 0.29) is 29.1 Å². The van der Waals surface area contributed by atoms with E-state index in [1.54, 1.807) is 7.11 Å². The molecule has 0 saturated carbocycles. The number of ether oxygens (including phenoxy) is 2. The van der Waals surface area contributed by atoms with Crippen LogP contribution < -0.4 is 15.8 Å². The van der Waals surface area contributed by atoms with E-state index < -0.39 is 0 Å². The molecule has 152 valence electrons. The van der Waals surface area contributed by atoms with Gasteiger partial charge in [0.15, 0.2) is 5.96 Å². The number of halogens is 1. The van der Waals surface area contributed by atoms with Crippen molar-refractivity contribution in [2.24, 2.45) is 10.7 Å². The second kappa shape index (κ2) is 11.5. The number of benzene rings is 1. The summed E-state index contributed by atoms with van der Waals surface area (Å²) >= 11 is 0. The van der Waals surface area contributed by atoms with Crippen LogP contribution >= 0.6 is 17.0 Å². The molecule has 3 rings (SSSR count). The van der Waals surface area contributed by atoms with E-state index in [1.807, 2.05) is 12.1 Å². The lowest BCUT2D eigenvalue weighted by Crippen LogP contribution is -2.39. The predicted molar refractivity (Wildman–Crippen MR) is 115 cm³/mol.